The SMILES string of the molecule is CC.CCc1nc(NC2CNC2)cc(C(C)(C)C)n1. The fraction of sp³-hybridized carbons (Fsp3) is 0.733. The highest BCUT2D eigenvalue weighted by molar-refractivity contribution is 5.39. The summed E-state index contributed by atoms with van der Waals surface area (Å²) in [6.45, 7) is 14.7. The van der Waals surface area contributed by atoms with Crippen LogP contribution in [0.1, 0.15) is 53.1 Å². The highest BCUT2D eigenvalue weighted by Gasteiger charge is 2.20. The normalized spacial score (nSPS) is 15.3. The Bertz CT molecular complexity index is 392. The summed E-state index contributed by atoms with van der Waals surface area (Å²) < 4.78 is 0. The van der Waals surface area contributed by atoms with Crippen molar-refractivity contribution in [2.75, 3.05) is 18.4 Å². The number of aryl methyl sites for hydroxylation is 1. The highest BCUT2D eigenvalue weighted by Crippen LogP contribution is 2.22. The van der Waals surface area contributed by atoms with Crippen molar-refractivity contribution in [1.82, 2.24) is 15.3 Å². The third kappa shape index (κ3) is 4.46. The van der Waals surface area contributed by atoms with E-state index < -0.39 is 0 Å². The van der Waals surface area contributed by atoms with Gasteiger partial charge in [0.05, 0.1) is 11.7 Å². The molecule has 19 heavy (non-hydrogen) atoms. The molecule has 4 nitrogen and oxygen atoms in total. The van der Waals surface area contributed by atoms with Gasteiger partial charge in [-0.2, -0.15) is 0 Å². The van der Waals surface area contributed by atoms with E-state index in [1.807, 2.05) is 13.8 Å². The van der Waals surface area contributed by atoms with Crippen molar-refractivity contribution in [1.29, 1.82) is 0 Å². The van der Waals surface area contributed by atoms with E-state index >= 15 is 0 Å². The van der Waals surface area contributed by atoms with Gasteiger partial charge in [-0.3, -0.25) is 0 Å². The molecule has 2 heterocycles. The standard InChI is InChI=1S/C13H22N4.C2H6/c1-5-11-16-10(13(2,3)4)6-12(17-11)15-9-7-14-8-9;1-2/h6,9,14H,5,7-8H2,1-4H3,(H,15,16,17);1-2H3. The second-order valence-electron chi connectivity index (χ2n) is 5.66. The molecule has 0 bridgehead atoms. The first kappa shape index (κ1) is 15.9. The van der Waals surface area contributed by atoms with Gasteiger partial charge in [-0.05, 0) is 0 Å². The summed E-state index contributed by atoms with van der Waals surface area (Å²) in [5, 5.41) is 6.70. The minimum absolute atomic E-state index is 0.0706. The molecule has 1 saturated heterocycles. The van der Waals surface area contributed by atoms with Crippen molar-refractivity contribution in [3.05, 3.63) is 17.6 Å². The number of nitrogens with one attached hydrogen (secondary N) is 2. The summed E-state index contributed by atoms with van der Waals surface area (Å²) in [7, 11) is 0. The molecule has 4 heteroatoms. The van der Waals surface area contributed by atoms with Gasteiger partial charge in [0.15, 0.2) is 0 Å². The maximum Gasteiger partial charge on any atom is 0.130 e. The summed E-state index contributed by atoms with van der Waals surface area (Å²) in [6.07, 6.45) is 0.877. The molecule has 108 valence electrons. The molecule has 1 aliphatic heterocycles. The summed E-state index contributed by atoms with van der Waals surface area (Å²) in [5.74, 6) is 1.89. The first-order valence-corrected chi connectivity index (χ1v) is 7.34. The van der Waals surface area contributed by atoms with Crippen LogP contribution in [-0.2, 0) is 11.8 Å². The van der Waals surface area contributed by atoms with Crippen LogP contribution < -0.4 is 10.6 Å². The van der Waals surface area contributed by atoms with Crippen molar-refractivity contribution in [2.24, 2.45) is 0 Å². The molecule has 0 atom stereocenters. The van der Waals surface area contributed by atoms with Crippen molar-refractivity contribution in [3.63, 3.8) is 0 Å². The summed E-state index contributed by atoms with van der Waals surface area (Å²) in [4.78, 5) is 9.14. The van der Waals surface area contributed by atoms with Gasteiger partial charge in [-0.1, -0.05) is 41.5 Å². The fourth-order valence-corrected chi connectivity index (χ4v) is 1.71. The lowest BCUT2D eigenvalue weighted by molar-refractivity contribution is 0.470. The third-order valence-corrected chi connectivity index (χ3v) is 2.99. The van der Waals surface area contributed by atoms with Crippen LogP contribution in [0.2, 0.25) is 0 Å². The van der Waals surface area contributed by atoms with E-state index in [-0.39, 0.29) is 5.41 Å². The van der Waals surface area contributed by atoms with Gasteiger partial charge in [0.2, 0.25) is 0 Å². The van der Waals surface area contributed by atoms with E-state index in [9.17, 15) is 0 Å². The topological polar surface area (TPSA) is 49.8 Å². The summed E-state index contributed by atoms with van der Waals surface area (Å²) in [5.41, 5.74) is 1.18. The predicted octanol–water partition coefficient (Wildman–Crippen LogP) is 2.75. The lowest BCUT2D eigenvalue weighted by Gasteiger charge is -2.29. The molecule has 2 N–H and O–H groups in total. The second kappa shape index (κ2) is 6.85. The van der Waals surface area contributed by atoms with Gasteiger partial charge >= 0.3 is 0 Å². The molecule has 0 aromatic carbocycles. The summed E-state index contributed by atoms with van der Waals surface area (Å²) in [6, 6.07) is 2.60. The van der Waals surface area contributed by atoms with Crippen LogP contribution >= 0.6 is 0 Å². The van der Waals surface area contributed by atoms with Gasteiger partial charge < -0.3 is 10.6 Å². The van der Waals surface area contributed by atoms with Crippen molar-refractivity contribution in [3.8, 4) is 0 Å². The molecule has 1 fully saturated rings. The second-order valence-corrected chi connectivity index (χ2v) is 5.66. The molecule has 0 saturated carbocycles. The molecular weight excluding hydrogens is 236 g/mol. The smallest absolute Gasteiger partial charge is 0.130 e. The van der Waals surface area contributed by atoms with Crippen LogP contribution in [0.15, 0.2) is 6.07 Å². The van der Waals surface area contributed by atoms with Gasteiger partial charge in [0.25, 0.3) is 0 Å². The number of hydrogen-bond acceptors (Lipinski definition) is 4. The molecular formula is C15H28N4. The maximum absolute atomic E-state index is 4.61. The number of rotatable bonds is 3. The van der Waals surface area contributed by atoms with E-state index in [0.29, 0.717) is 6.04 Å². The molecule has 1 aromatic heterocycles. The number of nitrogens with zero attached hydrogens (tertiary/aromatic N) is 2. The molecule has 0 spiro atoms. The zero-order valence-corrected chi connectivity index (χ0v) is 13.2. The lowest BCUT2D eigenvalue weighted by Crippen LogP contribution is -2.51. The maximum atomic E-state index is 4.61. The minimum atomic E-state index is 0.0706. The van der Waals surface area contributed by atoms with E-state index in [4.69, 9.17) is 0 Å². The van der Waals surface area contributed by atoms with Crippen LogP contribution in [0.5, 0.6) is 0 Å². The molecule has 0 unspecified atom stereocenters. The molecule has 1 aromatic rings. The van der Waals surface area contributed by atoms with E-state index in [2.05, 4.69) is 54.4 Å². The van der Waals surface area contributed by atoms with Crippen LogP contribution in [0.25, 0.3) is 0 Å². The Kier molecular flexibility index (Phi) is 5.73. The largest absolute Gasteiger partial charge is 0.365 e. The van der Waals surface area contributed by atoms with Crippen molar-refractivity contribution >= 4 is 5.82 Å². The van der Waals surface area contributed by atoms with Crippen LogP contribution in [0, 0.1) is 0 Å². The monoisotopic (exact) mass is 264 g/mol. The van der Waals surface area contributed by atoms with Gasteiger partial charge in [-0.25, -0.2) is 9.97 Å². The zero-order chi connectivity index (χ0) is 14.5. The minimum Gasteiger partial charge on any atom is -0.365 e. The first-order chi connectivity index (χ1) is 8.99. The first-order valence-electron chi connectivity index (χ1n) is 7.34. The number of hydrogen-bond donors (Lipinski definition) is 2. The van der Waals surface area contributed by atoms with Crippen LogP contribution in [0.4, 0.5) is 5.82 Å². The summed E-state index contributed by atoms with van der Waals surface area (Å²) >= 11 is 0. The quantitative estimate of drug-likeness (QED) is 0.881. The predicted molar refractivity (Wildman–Crippen MR) is 81.7 cm³/mol. The Morgan fingerprint density at radius 2 is 1.89 bits per heavy atom. The van der Waals surface area contributed by atoms with Gasteiger partial charge in [0.1, 0.15) is 11.6 Å². The Hall–Kier alpha value is -1.16. The van der Waals surface area contributed by atoms with Crippen LogP contribution in [0.3, 0.4) is 0 Å². The van der Waals surface area contributed by atoms with E-state index in [1.54, 1.807) is 0 Å². The zero-order valence-electron chi connectivity index (χ0n) is 13.2. The van der Waals surface area contributed by atoms with E-state index in [0.717, 1.165) is 36.8 Å². The number of anilines is 1. The Morgan fingerprint density at radius 3 is 2.32 bits per heavy atom. The number of aromatic nitrogens is 2. The molecule has 1 aliphatic rings. The molecule has 0 aliphatic carbocycles. The molecule has 0 radical (unpaired) electrons. The van der Waals surface area contributed by atoms with Gasteiger partial charge in [-0.15, -0.1) is 0 Å². The fourth-order valence-electron chi connectivity index (χ4n) is 1.71. The Balaban J connectivity index is 0.000000861. The lowest BCUT2D eigenvalue weighted by atomic mass is 9.92. The third-order valence-electron chi connectivity index (χ3n) is 2.99. The van der Waals surface area contributed by atoms with Crippen LogP contribution in [-0.4, -0.2) is 29.1 Å². The Morgan fingerprint density at radius 1 is 1.26 bits per heavy atom. The van der Waals surface area contributed by atoms with Crippen molar-refractivity contribution < 1.29 is 0 Å². The van der Waals surface area contributed by atoms with Crippen molar-refractivity contribution in [2.45, 2.75) is 59.4 Å². The Labute approximate surface area is 117 Å². The highest BCUT2D eigenvalue weighted by atomic mass is 15.1. The average molecular weight is 264 g/mol. The van der Waals surface area contributed by atoms with E-state index in [1.165, 1.54) is 0 Å². The average Bonchev–Trinajstić information content (AvgIpc) is 2.35. The molecule has 2 rings (SSSR count). The van der Waals surface area contributed by atoms with Gasteiger partial charge in [0, 0.05) is 31.0 Å². The molecule has 0 amide bonds.